The van der Waals surface area contributed by atoms with Gasteiger partial charge in [-0.2, -0.15) is 0 Å². The smallest absolute Gasteiger partial charge is 0.248 e. The van der Waals surface area contributed by atoms with Crippen LogP contribution in [0.4, 0.5) is 5.69 Å². The molecule has 0 aliphatic carbocycles. The zero-order valence-electron chi connectivity index (χ0n) is 15.7. The van der Waals surface area contributed by atoms with Gasteiger partial charge in [-0.25, -0.2) is 0 Å². The average Bonchev–Trinajstić information content (AvgIpc) is 2.70. The lowest BCUT2D eigenvalue weighted by molar-refractivity contribution is -0.115. The van der Waals surface area contributed by atoms with E-state index in [0.717, 1.165) is 11.1 Å². The fourth-order valence-electron chi connectivity index (χ4n) is 2.95. The standard InChI is InChI=1S/C23H23N3O2/c1-16-7-9-18(10-8-16)22(17-5-3-2-4-6-17)25-15-21(27)26-20-13-11-19(12-14-20)23(24)28/h2-14,22,25H,15H2,1H3,(H2,24,28)(H,26,27)/t22-/m0/s1. The molecule has 3 aromatic carbocycles. The molecule has 142 valence electrons. The minimum absolute atomic E-state index is 0.0928. The second-order valence-electron chi connectivity index (χ2n) is 6.63. The van der Waals surface area contributed by atoms with Crippen LogP contribution in [0.3, 0.4) is 0 Å². The zero-order chi connectivity index (χ0) is 19.9. The van der Waals surface area contributed by atoms with E-state index in [1.807, 2.05) is 37.3 Å². The normalized spacial score (nSPS) is 11.6. The summed E-state index contributed by atoms with van der Waals surface area (Å²) < 4.78 is 0. The lowest BCUT2D eigenvalue weighted by atomic mass is 9.98. The number of rotatable bonds is 7. The van der Waals surface area contributed by atoms with E-state index in [-0.39, 0.29) is 18.5 Å². The Morgan fingerprint density at radius 3 is 2.07 bits per heavy atom. The summed E-state index contributed by atoms with van der Waals surface area (Å²) >= 11 is 0. The molecule has 3 rings (SSSR count). The van der Waals surface area contributed by atoms with Crippen molar-refractivity contribution in [1.29, 1.82) is 0 Å². The van der Waals surface area contributed by atoms with Crippen LogP contribution in [0.1, 0.15) is 33.1 Å². The third-order valence-electron chi connectivity index (χ3n) is 4.46. The number of hydrogen-bond acceptors (Lipinski definition) is 3. The summed E-state index contributed by atoms with van der Waals surface area (Å²) in [4.78, 5) is 23.5. The number of anilines is 1. The first-order valence-electron chi connectivity index (χ1n) is 9.07. The van der Waals surface area contributed by atoms with Gasteiger partial charge in [0.05, 0.1) is 12.6 Å². The van der Waals surface area contributed by atoms with E-state index in [1.165, 1.54) is 5.56 Å². The van der Waals surface area contributed by atoms with Crippen LogP contribution in [0.15, 0.2) is 78.9 Å². The van der Waals surface area contributed by atoms with Crippen molar-refractivity contribution in [3.63, 3.8) is 0 Å². The molecule has 0 aliphatic rings. The molecule has 0 bridgehead atoms. The van der Waals surface area contributed by atoms with E-state index < -0.39 is 5.91 Å². The maximum atomic E-state index is 12.4. The van der Waals surface area contributed by atoms with Crippen molar-refractivity contribution in [2.75, 3.05) is 11.9 Å². The molecule has 0 aromatic heterocycles. The molecule has 4 N–H and O–H groups in total. The summed E-state index contributed by atoms with van der Waals surface area (Å²) in [6.45, 7) is 2.19. The Bertz CT molecular complexity index is 936. The van der Waals surface area contributed by atoms with Crippen LogP contribution in [0.5, 0.6) is 0 Å². The number of primary amides is 1. The van der Waals surface area contributed by atoms with Gasteiger partial charge in [0.1, 0.15) is 0 Å². The number of nitrogens with one attached hydrogen (secondary N) is 2. The second-order valence-corrected chi connectivity index (χ2v) is 6.63. The van der Waals surface area contributed by atoms with Crippen molar-refractivity contribution in [2.45, 2.75) is 13.0 Å². The van der Waals surface area contributed by atoms with Gasteiger partial charge < -0.3 is 11.1 Å². The van der Waals surface area contributed by atoms with Gasteiger partial charge in [-0.1, -0.05) is 60.2 Å². The van der Waals surface area contributed by atoms with Crippen LogP contribution < -0.4 is 16.4 Å². The molecular weight excluding hydrogens is 350 g/mol. The lowest BCUT2D eigenvalue weighted by Gasteiger charge is -2.20. The molecule has 0 fully saturated rings. The van der Waals surface area contributed by atoms with Crippen molar-refractivity contribution in [3.8, 4) is 0 Å². The van der Waals surface area contributed by atoms with Gasteiger partial charge in [0.15, 0.2) is 0 Å². The maximum Gasteiger partial charge on any atom is 0.248 e. The molecule has 0 unspecified atom stereocenters. The molecule has 0 heterocycles. The Hall–Kier alpha value is -3.44. The average molecular weight is 373 g/mol. The lowest BCUT2D eigenvalue weighted by Crippen LogP contribution is -2.32. The highest BCUT2D eigenvalue weighted by molar-refractivity contribution is 5.95. The zero-order valence-corrected chi connectivity index (χ0v) is 15.7. The molecule has 0 spiro atoms. The summed E-state index contributed by atoms with van der Waals surface area (Å²) in [5.41, 5.74) is 9.61. The highest BCUT2D eigenvalue weighted by atomic mass is 16.2. The molecule has 0 saturated heterocycles. The van der Waals surface area contributed by atoms with Crippen molar-refractivity contribution >= 4 is 17.5 Å². The van der Waals surface area contributed by atoms with Crippen LogP contribution in [0.2, 0.25) is 0 Å². The van der Waals surface area contributed by atoms with E-state index in [4.69, 9.17) is 5.73 Å². The van der Waals surface area contributed by atoms with Gasteiger partial charge >= 0.3 is 0 Å². The van der Waals surface area contributed by atoms with E-state index in [2.05, 4.69) is 34.9 Å². The Kier molecular flexibility index (Phi) is 6.19. The van der Waals surface area contributed by atoms with Gasteiger partial charge in [0.2, 0.25) is 11.8 Å². The van der Waals surface area contributed by atoms with Gasteiger partial charge in [0, 0.05) is 11.3 Å². The van der Waals surface area contributed by atoms with Crippen molar-refractivity contribution < 1.29 is 9.59 Å². The van der Waals surface area contributed by atoms with Gasteiger partial charge in [0.25, 0.3) is 0 Å². The van der Waals surface area contributed by atoms with E-state index in [9.17, 15) is 9.59 Å². The van der Waals surface area contributed by atoms with Crippen molar-refractivity contribution in [2.24, 2.45) is 5.73 Å². The molecule has 1 atom stereocenters. The fourth-order valence-corrected chi connectivity index (χ4v) is 2.95. The Balaban J connectivity index is 1.68. The molecule has 5 nitrogen and oxygen atoms in total. The molecule has 0 aliphatic heterocycles. The number of nitrogens with two attached hydrogens (primary N) is 1. The van der Waals surface area contributed by atoms with E-state index >= 15 is 0 Å². The summed E-state index contributed by atoms with van der Waals surface area (Å²) in [6, 6.07) is 24.7. The highest BCUT2D eigenvalue weighted by Crippen LogP contribution is 2.22. The van der Waals surface area contributed by atoms with E-state index in [1.54, 1.807) is 24.3 Å². The number of hydrogen-bond donors (Lipinski definition) is 3. The second kappa shape index (κ2) is 8.97. The van der Waals surface area contributed by atoms with Crippen LogP contribution in [-0.4, -0.2) is 18.4 Å². The number of benzene rings is 3. The minimum Gasteiger partial charge on any atom is -0.366 e. The Labute approximate surface area is 164 Å². The molecule has 5 heteroatoms. The molecule has 2 amide bonds. The number of carbonyl (C=O) groups is 2. The molecule has 0 radical (unpaired) electrons. The maximum absolute atomic E-state index is 12.4. The molecular formula is C23H23N3O2. The van der Waals surface area contributed by atoms with Gasteiger partial charge in [-0.3, -0.25) is 14.9 Å². The number of amides is 2. The highest BCUT2D eigenvalue weighted by Gasteiger charge is 2.15. The third kappa shape index (κ3) is 5.05. The Morgan fingerprint density at radius 1 is 0.857 bits per heavy atom. The van der Waals surface area contributed by atoms with Crippen LogP contribution in [0, 0.1) is 6.92 Å². The predicted octanol–water partition coefficient (Wildman–Crippen LogP) is 3.41. The molecule has 28 heavy (non-hydrogen) atoms. The van der Waals surface area contributed by atoms with Gasteiger partial charge in [-0.05, 0) is 42.3 Å². The van der Waals surface area contributed by atoms with Crippen molar-refractivity contribution in [3.05, 3.63) is 101 Å². The number of carbonyl (C=O) groups excluding carboxylic acids is 2. The predicted molar refractivity (Wildman–Crippen MR) is 111 cm³/mol. The fraction of sp³-hybridized carbons (Fsp3) is 0.130. The van der Waals surface area contributed by atoms with Gasteiger partial charge in [-0.15, -0.1) is 0 Å². The number of aryl methyl sites for hydroxylation is 1. The minimum atomic E-state index is -0.497. The van der Waals surface area contributed by atoms with E-state index in [0.29, 0.717) is 11.3 Å². The SMILES string of the molecule is Cc1ccc([C@@H](NCC(=O)Nc2ccc(C(N)=O)cc2)c2ccccc2)cc1. The first kappa shape index (κ1) is 19.3. The molecule has 3 aromatic rings. The van der Waals surface area contributed by atoms with Crippen molar-refractivity contribution in [1.82, 2.24) is 5.32 Å². The monoisotopic (exact) mass is 373 g/mol. The van der Waals surface area contributed by atoms with Crippen LogP contribution in [-0.2, 0) is 4.79 Å². The summed E-state index contributed by atoms with van der Waals surface area (Å²) in [5, 5.41) is 6.16. The van der Waals surface area contributed by atoms with Crippen LogP contribution in [0.25, 0.3) is 0 Å². The first-order chi connectivity index (χ1) is 13.5. The topological polar surface area (TPSA) is 84.2 Å². The largest absolute Gasteiger partial charge is 0.366 e. The summed E-state index contributed by atoms with van der Waals surface area (Å²) in [5.74, 6) is -0.664. The summed E-state index contributed by atoms with van der Waals surface area (Å²) in [7, 11) is 0. The Morgan fingerprint density at radius 2 is 1.46 bits per heavy atom. The third-order valence-corrected chi connectivity index (χ3v) is 4.46. The van der Waals surface area contributed by atoms with Crippen LogP contribution >= 0.6 is 0 Å². The first-order valence-corrected chi connectivity index (χ1v) is 9.07. The summed E-state index contributed by atoms with van der Waals surface area (Å²) in [6.07, 6.45) is 0. The molecule has 0 saturated carbocycles. The quantitative estimate of drug-likeness (QED) is 0.593.